The Hall–Kier alpha value is -2.42. The Balaban J connectivity index is 1.63. The van der Waals surface area contributed by atoms with Crippen molar-refractivity contribution in [1.29, 1.82) is 0 Å². The van der Waals surface area contributed by atoms with Gasteiger partial charge in [-0.25, -0.2) is 0 Å². The zero-order chi connectivity index (χ0) is 20.3. The molecular formula is C18H16Cl2N4O3S. The van der Waals surface area contributed by atoms with Crippen molar-refractivity contribution in [2.24, 2.45) is 0 Å². The van der Waals surface area contributed by atoms with Gasteiger partial charge in [0.1, 0.15) is 5.69 Å². The minimum absolute atomic E-state index is 0.0282. The van der Waals surface area contributed by atoms with Crippen LogP contribution in [-0.4, -0.2) is 47.0 Å². The predicted molar refractivity (Wildman–Crippen MR) is 113 cm³/mol. The maximum atomic E-state index is 12.3. The summed E-state index contributed by atoms with van der Waals surface area (Å²) in [5.41, 5.74) is 0.835. The number of carbonyl (C=O) groups excluding carboxylic acids is 1. The molecule has 146 valence electrons. The topological polar surface area (TPSA) is 78.7 Å². The molecule has 28 heavy (non-hydrogen) atoms. The van der Waals surface area contributed by atoms with E-state index in [-0.39, 0.29) is 11.6 Å². The highest BCUT2D eigenvalue weighted by Crippen LogP contribution is 2.35. The summed E-state index contributed by atoms with van der Waals surface area (Å²) in [7, 11) is 0. The first-order chi connectivity index (χ1) is 13.4. The van der Waals surface area contributed by atoms with Crippen molar-refractivity contribution in [3.8, 4) is 0 Å². The van der Waals surface area contributed by atoms with Crippen molar-refractivity contribution in [3.63, 3.8) is 0 Å². The second kappa shape index (κ2) is 8.72. The molecule has 1 amide bonds. The quantitative estimate of drug-likeness (QED) is 0.446. The van der Waals surface area contributed by atoms with Crippen LogP contribution in [0.15, 0.2) is 42.5 Å². The molecule has 3 rings (SSSR count). The van der Waals surface area contributed by atoms with Crippen LogP contribution in [0.2, 0.25) is 10.0 Å². The fraction of sp³-hybridized carbons (Fsp3) is 0.222. The van der Waals surface area contributed by atoms with Gasteiger partial charge in [-0.2, -0.15) is 0 Å². The Kier molecular flexibility index (Phi) is 6.33. The minimum atomic E-state index is -0.440. The zero-order valence-electron chi connectivity index (χ0n) is 14.6. The molecule has 2 aromatic carbocycles. The molecule has 1 aliphatic rings. The highest BCUT2D eigenvalue weighted by atomic mass is 35.5. The summed E-state index contributed by atoms with van der Waals surface area (Å²) in [5, 5.41) is 15.2. The molecule has 0 aliphatic carbocycles. The number of rotatable bonds is 3. The Morgan fingerprint density at radius 2 is 1.71 bits per heavy atom. The van der Waals surface area contributed by atoms with E-state index in [4.69, 9.17) is 35.4 Å². The van der Waals surface area contributed by atoms with E-state index in [1.807, 2.05) is 9.80 Å². The Morgan fingerprint density at radius 3 is 2.32 bits per heavy atom. The van der Waals surface area contributed by atoms with Gasteiger partial charge in [0.2, 0.25) is 0 Å². The second-order valence-corrected chi connectivity index (χ2v) is 7.34. The molecule has 2 aromatic rings. The summed E-state index contributed by atoms with van der Waals surface area (Å²) in [6.07, 6.45) is 0. The average Bonchev–Trinajstić information content (AvgIpc) is 2.68. The molecule has 0 atom stereocenters. The molecule has 0 unspecified atom stereocenters. The number of halogens is 2. The van der Waals surface area contributed by atoms with Crippen LogP contribution >= 0.6 is 35.4 Å². The van der Waals surface area contributed by atoms with Crippen LogP contribution in [0.1, 0.15) is 10.4 Å². The molecule has 1 fully saturated rings. The van der Waals surface area contributed by atoms with E-state index in [1.54, 1.807) is 36.4 Å². The number of para-hydroxylation sites is 1. The maximum absolute atomic E-state index is 12.3. The fourth-order valence-corrected chi connectivity index (χ4v) is 3.64. The molecule has 0 radical (unpaired) electrons. The molecule has 1 N–H and O–H groups in total. The van der Waals surface area contributed by atoms with E-state index in [9.17, 15) is 14.9 Å². The number of anilines is 1. The van der Waals surface area contributed by atoms with Gasteiger partial charge >= 0.3 is 0 Å². The SMILES string of the molecule is O=C(NC(=S)N1CCN(c2c(Cl)cccc2[N+](=O)[O-])CC1)c1ccc(Cl)cc1. The minimum Gasteiger partial charge on any atom is -0.361 e. The molecule has 1 saturated heterocycles. The largest absolute Gasteiger partial charge is 0.361 e. The number of hydrogen-bond acceptors (Lipinski definition) is 5. The van der Waals surface area contributed by atoms with Gasteiger partial charge < -0.3 is 9.80 Å². The van der Waals surface area contributed by atoms with Gasteiger partial charge in [0, 0.05) is 42.8 Å². The third-order valence-corrected chi connectivity index (χ3v) is 5.29. The van der Waals surface area contributed by atoms with Crippen LogP contribution in [0.4, 0.5) is 11.4 Å². The predicted octanol–water partition coefficient (Wildman–Crippen LogP) is 3.74. The third-order valence-electron chi connectivity index (χ3n) is 4.37. The smallest absolute Gasteiger partial charge is 0.294 e. The summed E-state index contributed by atoms with van der Waals surface area (Å²) < 4.78 is 0. The Labute approximate surface area is 177 Å². The van der Waals surface area contributed by atoms with Crippen LogP contribution in [0, 0.1) is 10.1 Å². The molecule has 10 heteroatoms. The van der Waals surface area contributed by atoms with Gasteiger partial charge in [-0.15, -0.1) is 0 Å². The van der Waals surface area contributed by atoms with E-state index in [1.165, 1.54) is 6.07 Å². The standard InChI is InChI=1S/C18H16Cl2N4O3S/c19-13-6-4-12(5-7-13)17(25)21-18(28)23-10-8-22(9-11-23)16-14(20)2-1-3-15(16)24(26)27/h1-7H,8-11H2,(H,21,25,28). The molecular weight excluding hydrogens is 423 g/mol. The lowest BCUT2D eigenvalue weighted by molar-refractivity contribution is -0.384. The van der Waals surface area contributed by atoms with Gasteiger partial charge in [0.15, 0.2) is 5.11 Å². The first-order valence-electron chi connectivity index (χ1n) is 8.40. The van der Waals surface area contributed by atoms with E-state index in [0.29, 0.717) is 52.6 Å². The lowest BCUT2D eigenvalue weighted by atomic mass is 10.2. The van der Waals surface area contributed by atoms with Gasteiger partial charge in [-0.05, 0) is 42.5 Å². The fourth-order valence-electron chi connectivity index (χ4n) is 2.95. The number of nitro groups is 1. The zero-order valence-corrected chi connectivity index (χ0v) is 16.9. The summed E-state index contributed by atoms with van der Waals surface area (Å²) in [4.78, 5) is 26.9. The Morgan fingerprint density at radius 1 is 1.07 bits per heavy atom. The van der Waals surface area contributed by atoms with E-state index in [0.717, 1.165) is 0 Å². The molecule has 1 aliphatic heterocycles. The number of nitrogens with one attached hydrogen (secondary N) is 1. The number of benzene rings is 2. The monoisotopic (exact) mass is 438 g/mol. The van der Waals surface area contributed by atoms with Crippen LogP contribution in [-0.2, 0) is 0 Å². The third kappa shape index (κ3) is 4.52. The molecule has 0 spiro atoms. The summed E-state index contributed by atoms with van der Waals surface area (Å²) in [5.74, 6) is -0.314. The summed E-state index contributed by atoms with van der Waals surface area (Å²) in [6.45, 7) is 1.98. The number of thiocarbonyl (C=S) groups is 1. The number of nitro benzene ring substituents is 1. The van der Waals surface area contributed by atoms with Crippen LogP contribution in [0.5, 0.6) is 0 Å². The highest BCUT2D eigenvalue weighted by molar-refractivity contribution is 7.80. The first kappa shape index (κ1) is 20.3. The second-order valence-electron chi connectivity index (χ2n) is 6.10. The molecule has 0 bridgehead atoms. The first-order valence-corrected chi connectivity index (χ1v) is 9.57. The van der Waals surface area contributed by atoms with E-state index < -0.39 is 4.92 Å². The van der Waals surface area contributed by atoms with E-state index >= 15 is 0 Å². The van der Waals surface area contributed by atoms with Crippen molar-refractivity contribution >= 4 is 57.8 Å². The van der Waals surface area contributed by atoms with Crippen molar-refractivity contribution in [2.75, 3.05) is 31.1 Å². The van der Waals surface area contributed by atoms with Gasteiger partial charge in [-0.1, -0.05) is 29.3 Å². The van der Waals surface area contributed by atoms with Gasteiger partial charge in [0.05, 0.1) is 9.95 Å². The van der Waals surface area contributed by atoms with Crippen molar-refractivity contribution in [3.05, 3.63) is 68.2 Å². The molecule has 0 aromatic heterocycles. The van der Waals surface area contributed by atoms with Crippen molar-refractivity contribution in [2.45, 2.75) is 0 Å². The number of carbonyl (C=O) groups is 1. The average molecular weight is 439 g/mol. The number of piperazine rings is 1. The summed E-state index contributed by atoms with van der Waals surface area (Å²) >= 11 is 17.4. The number of amides is 1. The Bertz CT molecular complexity index is 916. The van der Waals surface area contributed by atoms with Crippen molar-refractivity contribution in [1.82, 2.24) is 10.2 Å². The lowest BCUT2D eigenvalue weighted by Gasteiger charge is -2.37. The van der Waals surface area contributed by atoms with Crippen LogP contribution in [0.25, 0.3) is 0 Å². The highest BCUT2D eigenvalue weighted by Gasteiger charge is 2.27. The molecule has 1 heterocycles. The van der Waals surface area contributed by atoms with Crippen molar-refractivity contribution < 1.29 is 9.72 Å². The van der Waals surface area contributed by atoms with Crippen LogP contribution < -0.4 is 10.2 Å². The van der Waals surface area contributed by atoms with Gasteiger partial charge in [-0.3, -0.25) is 20.2 Å². The van der Waals surface area contributed by atoms with Gasteiger partial charge in [0.25, 0.3) is 11.6 Å². The molecule has 0 saturated carbocycles. The van der Waals surface area contributed by atoms with Crippen LogP contribution in [0.3, 0.4) is 0 Å². The molecule has 7 nitrogen and oxygen atoms in total. The maximum Gasteiger partial charge on any atom is 0.294 e. The summed E-state index contributed by atoms with van der Waals surface area (Å²) in [6, 6.07) is 11.1. The van der Waals surface area contributed by atoms with E-state index in [2.05, 4.69) is 5.32 Å². The normalized spacial score (nSPS) is 13.9. The number of hydrogen-bond donors (Lipinski definition) is 1. The number of nitrogens with zero attached hydrogens (tertiary/aromatic N) is 3. The lowest BCUT2D eigenvalue weighted by Crippen LogP contribution is -2.52.